The molecule has 1 aromatic heterocycles. The van der Waals surface area contributed by atoms with Crippen molar-refractivity contribution in [3.05, 3.63) is 83.9 Å². The van der Waals surface area contributed by atoms with E-state index >= 15 is 0 Å². The lowest BCUT2D eigenvalue weighted by Gasteiger charge is -2.33. The van der Waals surface area contributed by atoms with Crippen LogP contribution in [0.25, 0.3) is 0 Å². The van der Waals surface area contributed by atoms with Gasteiger partial charge in [-0.15, -0.1) is 0 Å². The van der Waals surface area contributed by atoms with Gasteiger partial charge in [0.1, 0.15) is 54.1 Å². The van der Waals surface area contributed by atoms with Gasteiger partial charge in [0.05, 0.1) is 18.5 Å². The van der Waals surface area contributed by atoms with Gasteiger partial charge in [0, 0.05) is 37.7 Å². The number of hydrogen-bond donors (Lipinski definition) is 12. The maximum absolute atomic E-state index is 14.7. The summed E-state index contributed by atoms with van der Waals surface area (Å²) >= 11 is 0. The Balaban J connectivity index is 1.63. The van der Waals surface area contributed by atoms with Gasteiger partial charge < -0.3 is 68.2 Å². The number of amides is 8. The monoisotopic (exact) mass is 1100 g/mol. The number of aromatic nitrogens is 2. The lowest BCUT2D eigenvalue weighted by Crippen LogP contribution is -2.63. The zero-order valence-electron chi connectivity index (χ0n) is 46.8. The minimum absolute atomic E-state index is 0.0690. The van der Waals surface area contributed by atoms with Gasteiger partial charge in [-0.25, -0.2) is 9.78 Å². The molecule has 0 bridgehead atoms. The van der Waals surface area contributed by atoms with Crippen molar-refractivity contribution in [2.24, 2.45) is 29.4 Å². The number of phenols is 1. The van der Waals surface area contributed by atoms with Crippen LogP contribution in [0.5, 0.6) is 5.75 Å². The molecule has 0 unspecified atom stereocenters. The largest absolute Gasteiger partial charge is 0.508 e. The number of aromatic amines is 1. The van der Waals surface area contributed by atoms with Gasteiger partial charge in [-0.3, -0.25) is 38.4 Å². The Morgan fingerprint density at radius 1 is 0.646 bits per heavy atom. The summed E-state index contributed by atoms with van der Waals surface area (Å²) in [5.41, 5.74) is 7.68. The summed E-state index contributed by atoms with van der Waals surface area (Å²) in [6, 6.07) is 2.99. The normalized spacial score (nSPS) is 17.2. The summed E-state index contributed by atoms with van der Waals surface area (Å²) in [5, 5.41) is 49.7. The van der Waals surface area contributed by atoms with Crippen molar-refractivity contribution in [2.45, 2.75) is 174 Å². The predicted molar refractivity (Wildman–Crippen MR) is 293 cm³/mol. The topological polar surface area (TPSA) is 356 Å². The highest BCUT2D eigenvalue weighted by atomic mass is 16.4. The van der Waals surface area contributed by atoms with Crippen molar-refractivity contribution in [2.75, 3.05) is 6.54 Å². The van der Waals surface area contributed by atoms with E-state index in [9.17, 15) is 58.5 Å². The third kappa shape index (κ3) is 19.8. The second-order valence-electron chi connectivity index (χ2n) is 21.8. The third-order valence-corrected chi connectivity index (χ3v) is 13.8. The molecule has 11 atom stereocenters. The zero-order valence-corrected chi connectivity index (χ0v) is 46.8. The fourth-order valence-corrected chi connectivity index (χ4v) is 9.21. The van der Waals surface area contributed by atoms with Crippen molar-refractivity contribution in [3.63, 3.8) is 0 Å². The highest BCUT2D eigenvalue weighted by molar-refractivity contribution is 5.98. The van der Waals surface area contributed by atoms with Crippen LogP contribution in [0, 0.1) is 23.7 Å². The maximum Gasteiger partial charge on any atom is 0.326 e. The molecule has 3 aromatic rings. The number of nitrogens with two attached hydrogens (primary N) is 1. The number of phenolic OH excluding ortho intramolecular Hbond substituents is 1. The summed E-state index contributed by atoms with van der Waals surface area (Å²) in [6.07, 6.45) is 2.54. The smallest absolute Gasteiger partial charge is 0.326 e. The standard InChI is InChI=1S/C56H83N11O12/c1-10-33(8)46(56(78)79)65-53(75)44-17-14-22-67(44)55(77)45(32(6)7)64-54(76)47(34(9)68)66-52(74)42(26-36-18-20-38(69)21-19-36)62-50(72)41(25-35-15-12-11-13-16-35)61-51(73)43(27-37-28-58-29-59-37)63-49(71)40(24-31(4)5)60-48(70)39(57)23-30(2)3/h11-13,15-16,18-21,28-34,39-47,68-69H,10,14,17,22-27,57H2,1-9H3,(H,58,59)(H,60,70)(H,61,73)(H,62,72)(H,63,71)(H,64,76)(H,65,75)(H,66,74)(H,78,79)/t33-,34+,39-,40-,41-,42-,43-,44-,45-,46-,47-/m0/s1. The Bertz CT molecular complexity index is 2510. The Morgan fingerprint density at radius 3 is 1.67 bits per heavy atom. The summed E-state index contributed by atoms with van der Waals surface area (Å²) in [5.74, 6) is -8.33. The van der Waals surface area contributed by atoms with Crippen LogP contribution >= 0.6 is 0 Å². The van der Waals surface area contributed by atoms with E-state index in [1.54, 1.807) is 58.0 Å². The fraction of sp³-hybridized carbons (Fsp3) is 0.571. The van der Waals surface area contributed by atoms with Gasteiger partial charge in [-0.2, -0.15) is 0 Å². The van der Waals surface area contributed by atoms with E-state index in [0.29, 0.717) is 36.1 Å². The molecule has 0 aliphatic carbocycles. The molecule has 79 heavy (non-hydrogen) atoms. The van der Waals surface area contributed by atoms with Gasteiger partial charge in [-0.1, -0.05) is 104 Å². The number of hydrogen-bond acceptors (Lipinski definition) is 13. The van der Waals surface area contributed by atoms with Gasteiger partial charge in [-0.05, 0) is 79.5 Å². The molecule has 0 radical (unpaired) electrons. The van der Waals surface area contributed by atoms with Crippen LogP contribution in [-0.2, 0) is 62.4 Å². The second kappa shape index (κ2) is 30.7. The SMILES string of the molecule is CC[C@H](C)[C@H](NC(=O)[C@@H]1CCCN1C(=O)[C@@H](NC(=O)[C@@H](NC(=O)[C@H](Cc1ccc(O)cc1)NC(=O)[C@H](Cc1ccccc1)NC(=O)[C@H](Cc1cnc[nH]1)NC(=O)[C@H](CC(C)C)NC(=O)[C@@H](N)CC(C)C)[C@@H](C)O)C(C)C)C(=O)O. The summed E-state index contributed by atoms with van der Waals surface area (Å²) in [7, 11) is 0. The number of aromatic hydroxyl groups is 1. The molecule has 1 aliphatic heterocycles. The van der Waals surface area contributed by atoms with E-state index in [0.717, 1.165) is 0 Å². The van der Waals surface area contributed by atoms with Crippen LogP contribution in [0.4, 0.5) is 0 Å². The molecule has 1 aliphatic rings. The van der Waals surface area contributed by atoms with Crippen molar-refractivity contribution < 1.29 is 58.5 Å². The van der Waals surface area contributed by atoms with Crippen LogP contribution in [0.15, 0.2) is 67.1 Å². The number of carbonyl (C=O) groups excluding carboxylic acids is 8. The molecule has 0 saturated carbocycles. The van der Waals surface area contributed by atoms with E-state index in [-0.39, 0.29) is 56.2 Å². The molecule has 1 saturated heterocycles. The number of imidazole rings is 1. The predicted octanol–water partition coefficient (Wildman–Crippen LogP) is 1.11. The number of carboxylic acid groups (broad SMARTS) is 1. The van der Waals surface area contributed by atoms with Gasteiger partial charge in [0.2, 0.25) is 47.3 Å². The average Bonchev–Trinajstić information content (AvgIpc) is 4.12. The van der Waals surface area contributed by atoms with Crippen LogP contribution in [0.2, 0.25) is 0 Å². The number of carbonyl (C=O) groups is 9. The molecule has 13 N–H and O–H groups in total. The summed E-state index contributed by atoms with van der Waals surface area (Å²) < 4.78 is 0. The van der Waals surface area contributed by atoms with E-state index in [4.69, 9.17) is 5.73 Å². The quantitative estimate of drug-likeness (QED) is 0.0445. The van der Waals surface area contributed by atoms with Crippen LogP contribution in [0.1, 0.15) is 111 Å². The van der Waals surface area contributed by atoms with Crippen LogP contribution in [0.3, 0.4) is 0 Å². The average molecular weight is 1100 g/mol. The molecule has 2 aromatic carbocycles. The van der Waals surface area contributed by atoms with E-state index in [1.807, 2.05) is 27.7 Å². The molecule has 23 heteroatoms. The van der Waals surface area contributed by atoms with Crippen molar-refractivity contribution in [1.29, 1.82) is 0 Å². The molecule has 1 fully saturated rings. The van der Waals surface area contributed by atoms with E-state index in [1.165, 1.54) is 48.6 Å². The number of aliphatic hydroxyl groups excluding tert-OH is 1. The number of rotatable bonds is 30. The maximum atomic E-state index is 14.7. The number of nitrogens with one attached hydrogen (secondary N) is 8. The molecular formula is C56H83N11O12. The van der Waals surface area contributed by atoms with E-state index < -0.39 is 126 Å². The first-order valence-corrected chi connectivity index (χ1v) is 27.2. The van der Waals surface area contributed by atoms with Crippen molar-refractivity contribution >= 4 is 53.2 Å². The zero-order chi connectivity index (χ0) is 58.7. The number of aliphatic hydroxyl groups is 1. The van der Waals surface area contributed by atoms with Gasteiger partial charge in [0.15, 0.2) is 0 Å². The fourth-order valence-electron chi connectivity index (χ4n) is 9.21. The third-order valence-electron chi connectivity index (χ3n) is 13.8. The van der Waals surface area contributed by atoms with Gasteiger partial charge in [0.25, 0.3) is 0 Å². The number of likely N-dealkylation sites (tertiary alicyclic amines) is 1. The molecule has 23 nitrogen and oxygen atoms in total. The Morgan fingerprint density at radius 2 is 1.16 bits per heavy atom. The first-order valence-electron chi connectivity index (χ1n) is 27.2. The van der Waals surface area contributed by atoms with Crippen LogP contribution < -0.4 is 43.0 Å². The lowest BCUT2D eigenvalue weighted by molar-refractivity contribution is -0.146. The van der Waals surface area contributed by atoms with Crippen LogP contribution in [-0.4, -0.2) is 150 Å². The molecule has 434 valence electrons. The number of H-pyrrole nitrogens is 1. The number of carboxylic acids is 1. The summed E-state index contributed by atoms with van der Waals surface area (Å²) in [4.78, 5) is 133. The Labute approximate surface area is 462 Å². The lowest BCUT2D eigenvalue weighted by atomic mass is 9.98. The second-order valence-corrected chi connectivity index (χ2v) is 21.8. The highest BCUT2D eigenvalue weighted by Gasteiger charge is 2.42. The molecule has 8 amide bonds. The molecule has 4 rings (SSSR count). The first-order chi connectivity index (χ1) is 37.3. The number of aliphatic carboxylic acids is 1. The Kier molecular flexibility index (Phi) is 24.9. The molecule has 2 heterocycles. The minimum Gasteiger partial charge on any atom is -0.508 e. The number of nitrogens with zero attached hydrogens (tertiary/aromatic N) is 2. The van der Waals surface area contributed by atoms with Gasteiger partial charge >= 0.3 is 5.97 Å². The minimum atomic E-state index is -1.72. The molecular weight excluding hydrogens is 1020 g/mol. The summed E-state index contributed by atoms with van der Waals surface area (Å²) in [6.45, 7) is 15.7. The number of benzene rings is 2. The van der Waals surface area contributed by atoms with Crippen molar-refractivity contribution in [1.82, 2.24) is 52.1 Å². The van der Waals surface area contributed by atoms with E-state index in [2.05, 4.69) is 47.2 Å². The Hall–Kier alpha value is -7.40. The highest BCUT2D eigenvalue weighted by Crippen LogP contribution is 2.22. The first kappa shape index (κ1) is 64.1. The molecule has 0 spiro atoms. The van der Waals surface area contributed by atoms with Crippen molar-refractivity contribution in [3.8, 4) is 5.75 Å².